The lowest BCUT2D eigenvalue weighted by molar-refractivity contribution is 0.0662. The number of aryl methyl sites for hydroxylation is 1. The summed E-state index contributed by atoms with van der Waals surface area (Å²) in [5.41, 5.74) is 2.11. The highest BCUT2D eigenvalue weighted by Crippen LogP contribution is 2.22. The number of anilines is 1. The molecular formula is C22H26FN3O2. The van der Waals surface area contributed by atoms with Gasteiger partial charge in [0.25, 0.3) is 0 Å². The Morgan fingerprint density at radius 2 is 1.86 bits per heavy atom. The van der Waals surface area contributed by atoms with Crippen molar-refractivity contribution in [2.45, 2.75) is 19.4 Å². The number of hydrogen-bond donors (Lipinski definition) is 1. The molecule has 0 spiro atoms. The van der Waals surface area contributed by atoms with Gasteiger partial charge in [0, 0.05) is 32.7 Å². The van der Waals surface area contributed by atoms with Gasteiger partial charge in [0.05, 0.1) is 17.3 Å². The topological polar surface area (TPSA) is 59.7 Å². The molecule has 1 N–H and O–H groups in total. The number of hydrogen-bond acceptors (Lipinski definition) is 5. The van der Waals surface area contributed by atoms with Gasteiger partial charge >= 0.3 is 0 Å². The van der Waals surface area contributed by atoms with Crippen molar-refractivity contribution >= 4 is 5.69 Å². The zero-order chi connectivity index (χ0) is 19.9. The Morgan fingerprint density at radius 3 is 2.46 bits per heavy atom. The predicted octanol–water partition coefficient (Wildman–Crippen LogP) is 2.82. The highest BCUT2D eigenvalue weighted by Gasteiger charge is 2.21. The molecule has 0 bridgehead atoms. The maximum Gasteiger partial charge on any atom is 0.147 e. The van der Waals surface area contributed by atoms with Crippen LogP contribution in [0.15, 0.2) is 42.5 Å². The molecule has 2 aromatic carbocycles. The Balaban J connectivity index is 1.44. The maximum absolute atomic E-state index is 14.2. The van der Waals surface area contributed by atoms with Crippen LogP contribution in [0.25, 0.3) is 0 Å². The molecule has 1 aliphatic heterocycles. The second-order valence-corrected chi connectivity index (χ2v) is 7.03. The first kappa shape index (κ1) is 20.1. The lowest BCUT2D eigenvalue weighted by Crippen LogP contribution is -2.49. The average molecular weight is 383 g/mol. The number of aliphatic hydroxyl groups is 1. The number of β-amino-alcohol motifs (C(OH)–C–C–N with tert-alkyl or cyclic N) is 1. The Morgan fingerprint density at radius 1 is 1.14 bits per heavy atom. The van der Waals surface area contributed by atoms with E-state index in [1.807, 2.05) is 35.2 Å². The minimum absolute atomic E-state index is 0.246. The fourth-order valence-corrected chi connectivity index (χ4v) is 3.37. The van der Waals surface area contributed by atoms with Gasteiger partial charge in [0.1, 0.15) is 24.3 Å². The molecule has 5 nitrogen and oxygen atoms in total. The van der Waals surface area contributed by atoms with Crippen molar-refractivity contribution in [2.75, 3.05) is 44.2 Å². The first-order valence-corrected chi connectivity index (χ1v) is 9.65. The standard InChI is InChI=1S/C22H26FN3O2/c1-2-17-3-6-20(7-4-17)28-16-19(27)15-25-9-11-26(12-10-25)22-8-5-18(14-24)13-21(22)23/h3-8,13,19,27H,2,9-12,15-16H2,1H3. The van der Waals surface area contributed by atoms with Crippen LogP contribution in [0.5, 0.6) is 5.75 Å². The first-order chi connectivity index (χ1) is 13.6. The van der Waals surface area contributed by atoms with E-state index >= 15 is 0 Å². The fourth-order valence-electron chi connectivity index (χ4n) is 3.37. The lowest BCUT2D eigenvalue weighted by Gasteiger charge is -2.37. The minimum Gasteiger partial charge on any atom is -0.491 e. The highest BCUT2D eigenvalue weighted by atomic mass is 19.1. The average Bonchev–Trinajstić information content (AvgIpc) is 2.73. The normalized spacial score (nSPS) is 15.9. The van der Waals surface area contributed by atoms with Gasteiger partial charge in [0.2, 0.25) is 0 Å². The Bertz CT molecular complexity index is 812. The van der Waals surface area contributed by atoms with Crippen LogP contribution in [0.4, 0.5) is 10.1 Å². The SMILES string of the molecule is CCc1ccc(OCC(O)CN2CCN(c3ccc(C#N)cc3F)CC2)cc1. The first-order valence-electron chi connectivity index (χ1n) is 9.65. The van der Waals surface area contributed by atoms with Crippen LogP contribution >= 0.6 is 0 Å². The van der Waals surface area contributed by atoms with Gasteiger partial charge in [-0.1, -0.05) is 19.1 Å². The van der Waals surface area contributed by atoms with Crippen molar-refractivity contribution in [1.29, 1.82) is 5.26 Å². The van der Waals surface area contributed by atoms with Gasteiger partial charge in [-0.3, -0.25) is 4.90 Å². The zero-order valence-corrected chi connectivity index (χ0v) is 16.1. The summed E-state index contributed by atoms with van der Waals surface area (Å²) in [4.78, 5) is 4.14. The number of nitriles is 1. The molecule has 0 aliphatic carbocycles. The summed E-state index contributed by atoms with van der Waals surface area (Å²) in [6.45, 7) is 5.70. The van der Waals surface area contributed by atoms with Crippen LogP contribution in [-0.2, 0) is 6.42 Å². The third kappa shape index (κ3) is 5.22. The van der Waals surface area contributed by atoms with Crippen LogP contribution in [0.3, 0.4) is 0 Å². The van der Waals surface area contributed by atoms with Crippen LogP contribution in [0, 0.1) is 17.1 Å². The van der Waals surface area contributed by atoms with Crippen molar-refractivity contribution < 1.29 is 14.2 Å². The molecule has 1 aliphatic rings. The van der Waals surface area contributed by atoms with Crippen molar-refractivity contribution in [3.05, 3.63) is 59.4 Å². The molecule has 0 aromatic heterocycles. The molecule has 1 fully saturated rings. The Labute approximate surface area is 165 Å². The van der Waals surface area contributed by atoms with E-state index in [4.69, 9.17) is 10.00 Å². The monoisotopic (exact) mass is 383 g/mol. The number of ether oxygens (including phenoxy) is 1. The van der Waals surface area contributed by atoms with Gasteiger partial charge in [-0.15, -0.1) is 0 Å². The van der Waals surface area contributed by atoms with Gasteiger partial charge < -0.3 is 14.7 Å². The second kappa shape index (κ2) is 9.54. The van der Waals surface area contributed by atoms with Gasteiger partial charge in [-0.25, -0.2) is 4.39 Å². The quantitative estimate of drug-likeness (QED) is 0.797. The summed E-state index contributed by atoms with van der Waals surface area (Å²) in [5.74, 6) is 0.396. The summed E-state index contributed by atoms with van der Waals surface area (Å²) in [6, 6.07) is 14.4. The van der Waals surface area contributed by atoms with Crippen molar-refractivity contribution in [3.63, 3.8) is 0 Å². The van der Waals surface area contributed by atoms with E-state index in [0.717, 1.165) is 25.3 Å². The molecule has 1 heterocycles. The van der Waals surface area contributed by atoms with Crippen molar-refractivity contribution in [3.8, 4) is 11.8 Å². The largest absolute Gasteiger partial charge is 0.491 e. The number of rotatable bonds is 7. The Hall–Kier alpha value is -2.62. The molecule has 6 heteroatoms. The lowest BCUT2D eigenvalue weighted by atomic mass is 10.1. The number of benzene rings is 2. The number of nitrogens with zero attached hydrogens (tertiary/aromatic N) is 3. The summed E-state index contributed by atoms with van der Waals surface area (Å²) in [7, 11) is 0. The molecule has 0 amide bonds. The Kier molecular flexibility index (Phi) is 6.85. The number of aliphatic hydroxyl groups excluding tert-OH is 1. The van der Waals surface area contributed by atoms with Crippen molar-refractivity contribution in [2.24, 2.45) is 0 Å². The van der Waals surface area contributed by atoms with Crippen LogP contribution in [0.2, 0.25) is 0 Å². The van der Waals surface area contributed by atoms with E-state index in [2.05, 4.69) is 11.8 Å². The second-order valence-electron chi connectivity index (χ2n) is 7.03. The zero-order valence-electron chi connectivity index (χ0n) is 16.1. The molecule has 2 aromatic rings. The van der Waals surface area contributed by atoms with Crippen molar-refractivity contribution in [1.82, 2.24) is 4.90 Å². The van der Waals surface area contributed by atoms with Gasteiger partial charge in [-0.05, 0) is 42.3 Å². The minimum atomic E-state index is -0.580. The predicted molar refractivity (Wildman–Crippen MR) is 107 cm³/mol. The molecular weight excluding hydrogens is 357 g/mol. The van der Waals surface area contributed by atoms with Crippen LogP contribution < -0.4 is 9.64 Å². The van der Waals surface area contributed by atoms with Crippen LogP contribution in [-0.4, -0.2) is 55.4 Å². The van der Waals surface area contributed by atoms with E-state index in [9.17, 15) is 9.50 Å². The summed E-state index contributed by atoms with van der Waals surface area (Å²) >= 11 is 0. The van der Waals surface area contributed by atoms with E-state index in [-0.39, 0.29) is 12.4 Å². The smallest absolute Gasteiger partial charge is 0.147 e. The van der Waals surface area contributed by atoms with E-state index in [0.29, 0.717) is 30.9 Å². The molecule has 0 saturated carbocycles. The third-order valence-electron chi connectivity index (χ3n) is 5.03. The summed E-state index contributed by atoms with van der Waals surface area (Å²) in [6.07, 6.45) is 0.408. The molecule has 0 radical (unpaired) electrons. The summed E-state index contributed by atoms with van der Waals surface area (Å²) < 4.78 is 19.8. The molecule has 1 atom stereocenters. The summed E-state index contributed by atoms with van der Waals surface area (Å²) in [5, 5.41) is 19.1. The van der Waals surface area contributed by atoms with Crippen LogP contribution in [0.1, 0.15) is 18.1 Å². The van der Waals surface area contributed by atoms with E-state index in [1.54, 1.807) is 12.1 Å². The number of halogens is 1. The molecule has 1 saturated heterocycles. The molecule has 148 valence electrons. The van der Waals surface area contributed by atoms with E-state index in [1.165, 1.54) is 11.6 Å². The molecule has 28 heavy (non-hydrogen) atoms. The maximum atomic E-state index is 14.2. The molecule has 1 unspecified atom stereocenters. The van der Waals surface area contributed by atoms with E-state index < -0.39 is 6.10 Å². The number of piperazine rings is 1. The molecule has 3 rings (SSSR count). The van der Waals surface area contributed by atoms with Gasteiger partial charge in [-0.2, -0.15) is 5.26 Å². The third-order valence-corrected chi connectivity index (χ3v) is 5.03. The van der Waals surface area contributed by atoms with Gasteiger partial charge in [0.15, 0.2) is 0 Å². The fraction of sp³-hybridized carbons (Fsp3) is 0.409. The highest BCUT2D eigenvalue weighted by molar-refractivity contribution is 5.51.